The Morgan fingerprint density at radius 3 is 2.24 bits per heavy atom. The lowest BCUT2D eigenvalue weighted by atomic mass is 9.94. The minimum Gasteiger partial charge on any atom is -0.497 e. The zero-order valence-electron chi connectivity index (χ0n) is 14.7. The van der Waals surface area contributed by atoms with Crippen molar-refractivity contribution in [2.45, 2.75) is 31.7 Å². The van der Waals surface area contributed by atoms with E-state index in [0.717, 1.165) is 24.4 Å². The van der Waals surface area contributed by atoms with Crippen molar-refractivity contribution in [2.75, 3.05) is 20.2 Å². The highest BCUT2D eigenvalue weighted by atomic mass is 35.5. The Bertz CT molecular complexity index is 651. The van der Waals surface area contributed by atoms with Crippen LogP contribution in [-0.4, -0.2) is 30.9 Å². The lowest BCUT2D eigenvalue weighted by Crippen LogP contribution is -2.35. The normalized spacial score (nSPS) is 15.9. The highest BCUT2D eigenvalue weighted by Crippen LogP contribution is 2.30. The molecule has 0 N–H and O–H groups in total. The topological polar surface area (TPSA) is 29.5 Å². The Labute approximate surface area is 156 Å². The number of ketones is 1. The van der Waals surface area contributed by atoms with E-state index < -0.39 is 0 Å². The van der Waals surface area contributed by atoms with Gasteiger partial charge < -0.3 is 4.74 Å². The molecule has 0 amide bonds. The Balaban J connectivity index is 0.00000225. The zero-order valence-corrected chi connectivity index (χ0v) is 15.5. The van der Waals surface area contributed by atoms with E-state index in [4.69, 9.17) is 4.74 Å². The molecule has 25 heavy (non-hydrogen) atoms. The number of hydrogen-bond acceptors (Lipinski definition) is 3. The first-order valence-corrected chi connectivity index (χ1v) is 8.74. The van der Waals surface area contributed by atoms with E-state index in [-0.39, 0.29) is 24.2 Å². The monoisotopic (exact) mass is 359 g/mol. The summed E-state index contributed by atoms with van der Waals surface area (Å²) in [6.45, 7) is 2.14. The first-order valence-electron chi connectivity index (χ1n) is 8.74. The summed E-state index contributed by atoms with van der Waals surface area (Å²) in [6.07, 6.45) is 4.24. The van der Waals surface area contributed by atoms with E-state index in [9.17, 15) is 4.79 Å². The van der Waals surface area contributed by atoms with Crippen molar-refractivity contribution in [1.82, 2.24) is 4.90 Å². The van der Waals surface area contributed by atoms with Gasteiger partial charge in [-0.3, -0.25) is 9.69 Å². The van der Waals surface area contributed by atoms with Crippen molar-refractivity contribution >= 4 is 18.2 Å². The molecule has 1 aliphatic heterocycles. The summed E-state index contributed by atoms with van der Waals surface area (Å²) in [5, 5.41) is 0. The molecule has 3 nitrogen and oxygen atoms in total. The maximum absolute atomic E-state index is 12.7. The SMILES string of the molecule is COc1ccc(C(CC(=O)c2ccccc2)N2CCCCC2)cc1.Cl. The van der Waals surface area contributed by atoms with Gasteiger partial charge in [0.05, 0.1) is 7.11 Å². The van der Waals surface area contributed by atoms with Crippen LogP contribution in [0.4, 0.5) is 0 Å². The summed E-state index contributed by atoms with van der Waals surface area (Å²) in [4.78, 5) is 15.2. The lowest BCUT2D eigenvalue weighted by Gasteiger charge is -2.34. The van der Waals surface area contributed by atoms with Gasteiger partial charge in [0.15, 0.2) is 5.78 Å². The smallest absolute Gasteiger partial charge is 0.164 e. The molecule has 4 heteroatoms. The van der Waals surface area contributed by atoms with E-state index in [1.54, 1.807) is 7.11 Å². The summed E-state index contributed by atoms with van der Waals surface area (Å²) in [5.74, 6) is 1.06. The summed E-state index contributed by atoms with van der Waals surface area (Å²) < 4.78 is 5.26. The first kappa shape index (κ1) is 19.5. The molecule has 1 saturated heterocycles. The number of benzene rings is 2. The van der Waals surface area contributed by atoms with Crippen LogP contribution in [0, 0.1) is 0 Å². The number of Topliss-reactive ketones (excluding diaryl/α,β-unsaturated/α-hetero) is 1. The molecule has 1 aliphatic rings. The summed E-state index contributed by atoms with van der Waals surface area (Å²) in [7, 11) is 1.68. The van der Waals surface area contributed by atoms with Crippen molar-refractivity contribution in [2.24, 2.45) is 0 Å². The van der Waals surface area contributed by atoms with Gasteiger partial charge in [0.25, 0.3) is 0 Å². The number of ether oxygens (including phenoxy) is 1. The molecule has 0 bridgehead atoms. The molecule has 0 saturated carbocycles. The number of carbonyl (C=O) groups excluding carboxylic acids is 1. The van der Waals surface area contributed by atoms with E-state index in [1.807, 2.05) is 42.5 Å². The van der Waals surface area contributed by atoms with Gasteiger partial charge in [-0.25, -0.2) is 0 Å². The molecule has 0 spiro atoms. The number of halogens is 1. The van der Waals surface area contributed by atoms with Crippen LogP contribution in [0.3, 0.4) is 0 Å². The molecule has 0 aromatic heterocycles. The molecule has 1 fully saturated rings. The van der Waals surface area contributed by atoms with Gasteiger partial charge in [-0.1, -0.05) is 48.9 Å². The first-order chi connectivity index (χ1) is 11.8. The predicted octanol–water partition coefficient (Wildman–Crippen LogP) is 4.92. The number of hydrogen-bond donors (Lipinski definition) is 0. The maximum Gasteiger partial charge on any atom is 0.164 e. The molecule has 1 heterocycles. The molecule has 2 aromatic carbocycles. The Kier molecular flexibility index (Phi) is 7.48. The fourth-order valence-electron chi connectivity index (χ4n) is 3.43. The van der Waals surface area contributed by atoms with Crippen molar-refractivity contribution in [3.05, 3.63) is 65.7 Å². The molecule has 0 aliphatic carbocycles. The average molecular weight is 360 g/mol. The Morgan fingerprint density at radius 1 is 1.00 bits per heavy atom. The van der Waals surface area contributed by atoms with Gasteiger partial charge in [-0.05, 0) is 43.6 Å². The highest BCUT2D eigenvalue weighted by molar-refractivity contribution is 5.96. The van der Waals surface area contributed by atoms with Crippen LogP contribution in [0.25, 0.3) is 0 Å². The Hall–Kier alpha value is -1.84. The number of piperidine rings is 1. The second-order valence-corrected chi connectivity index (χ2v) is 6.38. The van der Waals surface area contributed by atoms with Crippen LogP contribution in [0.2, 0.25) is 0 Å². The summed E-state index contributed by atoms with van der Waals surface area (Å²) in [5.41, 5.74) is 2.00. The molecule has 0 radical (unpaired) electrons. The maximum atomic E-state index is 12.7. The van der Waals surface area contributed by atoms with Crippen LogP contribution in [0.15, 0.2) is 54.6 Å². The van der Waals surface area contributed by atoms with E-state index in [1.165, 1.54) is 24.8 Å². The van der Waals surface area contributed by atoms with E-state index in [2.05, 4.69) is 17.0 Å². The highest BCUT2D eigenvalue weighted by Gasteiger charge is 2.25. The fourth-order valence-corrected chi connectivity index (χ4v) is 3.43. The molecule has 2 aromatic rings. The van der Waals surface area contributed by atoms with Crippen LogP contribution in [0.5, 0.6) is 5.75 Å². The van der Waals surface area contributed by atoms with Crippen molar-refractivity contribution in [3.8, 4) is 5.75 Å². The molecule has 1 unspecified atom stereocenters. The van der Waals surface area contributed by atoms with Crippen LogP contribution in [0.1, 0.15) is 47.6 Å². The van der Waals surface area contributed by atoms with Gasteiger partial charge in [0, 0.05) is 18.0 Å². The predicted molar refractivity (Wildman–Crippen MR) is 104 cm³/mol. The van der Waals surface area contributed by atoms with E-state index >= 15 is 0 Å². The second-order valence-electron chi connectivity index (χ2n) is 6.38. The largest absolute Gasteiger partial charge is 0.497 e. The van der Waals surface area contributed by atoms with Crippen LogP contribution in [-0.2, 0) is 0 Å². The average Bonchev–Trinajstić information content (AvgIpc) is 2.67. The third-order valence-electron chi connectivity index (χ3n) is 4.81. The lowest BCUT2D eigenvalue weighted by molar-refractivity contribution is 0.0895. The quantitative estimate of drug-likeness (QED) is 0.686. The number of carbonyl (C=O) groups is 1. The van der Waals surface area contributed by atoms with Crippen LogP contribution >= 0.6 is 12.4 Å². The van der Waals surface area contributed by atoms with Crippen molar-refractivity contribution in [1.29, 1.82) is 0 Å². The van der Waals surface area contributed by atoms with Gasteiger partial charge in [-0.2, -0.15) is 0 Å². The zero-order chi connectivity index (χ0) is 16.8. The molecular formula is C21H26ClNO2. The Morgan fingerprint density at radius 2 is 1.64 bits per heavy atom. The third kappa shape index (κ3) is 5.07. The fraction of sp³-hybridized carbons (Fsp3) is 0.381. The van der Waals surface area contributed by atoms with Gasteiger partial charge >= 0.3 is 0 Å². The molecule has 134 valence electrons. The summed E-state index contributed by atoms with van der Waals surface area (Å²) in [6, 6.07) is 17.9. The van der Waals surface area contributed by atoms with Crippen LogP contribution < -0.4 is 4.74 Å². The standard InChI is InChI=1S/C21H25NO2.ClH/c1-24-19-12-10-17(11-13-19)20(22-14-6-3-7-15-22)16-21(23)18-8-4-2-5-9-18;/h2,4-5,8-13,20H,3,6-7,14-16H2,1H3;1H. The molecular weight excluding hydrogens is 334 g/mol. The van der Waals surface area contributed by atoms with Crippen molar-refractivity contribution < 1.29 is 9.53 Å². The molecule has 1 atom stereocenters. The third-order valence-corrected chi connectivity index (χ3v) is 4.81. The number of nitrogens with zero attached hydrogens (tertiary/aromatic N) is 1. The number of methoxy groups -OCH3 is 1. The second kappa shape index (κ2) is 9.59. The minimum absolute atomic E-state index is 0. The van der Waals surface area contributed by atoms with Gasteiger partial charge in [0.1, 0.15) is 5.75 Å². The van der Waals surface area contributed by atoms with E-state index in [0.29, 0.717) is 6.42 Å². The minimum atomic E-state index is 0. The number of likely N-dealkylation sites (tertiary alicyclic amines) is 1. The summed E-state index contributed by atoms with van der Waals surface area (Å²) >= 11 is 0. The van der Waals surface area contributed by atoms with Crippen molar-refractivity contribution in [3.63, 3.8) is 0 Å². The van der Waals surface area contributed by atoms with Gasteiger partial charge in [-0.15, -0.1) is 12.4 Å². The number of rotatable bonds is 6. The van der Waals surface area contributed by atoms with Gasteiger partial charge in [0.2, 0.25) is 0 Å². The molecule has 3 rings (SSSR count).